The van der Waals surface area contributed by atoms with Crippen molar-refractivity contribution in [3.63, 3.8) is 0 Å². The van der Waals surface area contributed by atoms with Gasteiger partial charge >= 0.3 is 0 Å². The second-order valence-electron chi connectivity index (χ2n) is 4.45. The molecule has 19 heavy (non-hydrogen) atoms. The summed E-state index contributed by atoms with van der Waals surface area (Å²) in [6.45, 7) is 2.41. The number of amides is 1. The number of hydrogen-bond acceptors (Lipinski definition) is 3. The molecule has 0 atom stereocenters. The van der Waals surface area contributed by atoms with E-state index >= 15 is 0 Å². The van der Waals surface area contributed by atoms with Crippen LogP contribution in [0.3, 0.4) is 0 Å². The molecule has 0 aliphatic rings. The maximum absolute atomic E-state index is 12.3. The van der Waals surface area contributed by atoms with E-state index < -0.39 is 0 Å². The highest BCUT2D eigenvalue weighted by Crippen LogP contribution is 2.16. The van der Waals surface area contributed by atoms with Gasteiger partial charge in [-0.15, -0.1) is 0 Å². The summed E-state index contributed by atoms with van der Waals surface area (Å²) in [5.74, 6) is -0.140. The van der Waals surface area contributed by atoms with Crippen molar-refractivity contribution in [1.82, 2.24) is 4.98 Å². The van der Waals surface area contributed by atoms with Gasteiger partial charge < -0.3 is 10.6 Å². The number of aromatic nitrogens is 1. The van der Waals surface area contributed by atoms with Gasteiger partial charge in [-0.05, 0) is 36.8 Å². The predicted octanol–water partition coefficient (Wildman–Crippen LogP) is 2.13. The summed E-state index contributed by atoms with van der Waals surface area (Å²) in [6, 6.07) is 11.3. The van der Waals surface area contributed by atoms with Crippen molar-refractivity contribution in [3.05, 3.63) is 59.4 Å². The van der Waals surface area contributed by atoms with Crippen molar-refractivity contribution in [2.24, 2.45) is 5.73 Å². The number of anilines is 1. The van der Waals surface area contributed by atoms with E-state index in [1.54, 1.807) is 24.2 Å². The number of nitrogens with two attached hydrogens (primary N) is 1. The average Bonchev–Trinajstić information content (AvgIpc) is 2.46. The van der Waals surface area contributed by atoms with Crippen LogP contribution in [0, 0.1) is 6.92 Å². The quantitative estimate of drug-likeness (QED) is 0.914. The zero-order valence-corrected chi connectivity index (χ0v) is 11.1. The average molecular weight is 255 g/mol. The van der Waals surface area contributed by atoms with Crippen molar-refractivity contribution in [3.8, 4) is 0 Å². The number of pyridine rings is 1. The molecule has 0 aliphatic heterocycles. The maximum Gasteiger partial charge on any atom is 0.276 e. The van der Waals surface area contributed by atoms with E-state index in [0.29, 0.717) is 12.2 Å². The number of aryl methyl sites for hydroxylation is 1. The molecule has 98 valence electrons. The SMILES string of the molecule is Cc1ccc(N(C)C(=O)c2cc(CN)ccn2)cc1. The van der Waals surface area contributed by atoms with Crippen LogP contribution in [0.1, 0.15) is 21.6 Å². The summed E-state index contributed by atoms with van der Waals surface area (Å²) in [7, 11) is 1.74. The van der Waals surface area contributed by atoms with E-state index in [4.69, 9.17) is 5.73 Å². The van der Waals surface area contributed by atoms with Gasteiger partial charge in [-0.25, -0.2) is 0 Å². The summed E-state index contributed by atoms with van der Waals surface area (Å²) in [5.41, 5.74) is 8.88. The molecule has 2 rings (SSSR count). The Hall–Kier alpha value is -2.20. The van der Waals surface area contributed by atoms with Crippen LogP contribution in [0.2, 0.25) is 0 Å². The fourth-order valence-corrected chi connectivity index (χ4v) is 1.78. The highest BCUT2D eigenvalue weighted by molar-refractivity contribution is 6.04. The highest BCUT2D eigenvalue weighted by Gasteiger charge is 2.14. The fourth-order valence-electron chi connectivity index (χ4n) is 1.78. The molecule has 0 saturated carbocycles. The molecule has 1 aromatic carbocycles. The van der Waals surface area contributed by atoms with E-state index in [-0.39, 0.29) is 5.91 Å². The number of hydrogen-bond donors (Lipinski definition) is 1. The molecule has 4 nitrogen and oxygen atoms in total. The van der Waals surface area contributed by atoms with Crippen molar-refractivity contribution in [1.29, 1.82) is 0 Å². The molecule has 0 unspecified atom stereocenters. The van der Waals surface area contributed by atoms with Crippen molar-refractivity contribution in [2.75, 3.05) is 11.9 Å². The lowest BCUT2D eigenvalue weighted by molar-refractivity contribution is 0.0988. The number of rotatable bonds is 3. The van der Waals surface area contributed by atoms with Gasteiger partial charge in [-0.2, -0.15) is 0 Å². The Labute approximate surface area is 112 Å². The van der Waals surface area contributed by atoms with Gasteiger partial charge in [0, 0.05) is 25.5 Å². The van der Waals surface area contributed by atoms with Gasteiger partial charge in [-0.1, -0.05) is 17.7 Å². The monoisotopic (exact) mass is 255 g/mol. The summed E-state index contributed by atoms with van der Waals surface area (Å²) in [6.07, 6.45) is 1.61. The highest BCUT2D eigenvalue weighted by atomic mass is 16.2. The second-order valence-corrected chi connectivity index (χ2v) is 4.45. The number of benzene rings is 1. The van der Waals surface area contributed by atoms with Gasteiger partial charge in [0.1, 0.15) is 5.69 Å². The van der Waals surface area contributed by atoms with Crippen molar-refractivity contribution < 1.29 is 4.79 Å². The lowest BCUT2D eigenvalue weighted by Crippen LogP contribution is -2.27. The lowest BCUT2D eigenvalue weighted by Gasteiger charge is -2.17. The van der Waals surface area contributed by atoms with Gasteiger partial charge in [0.25, 0.3) is 5.91 Å². The molecule has 2 N–H and O–H groups in total. The Balaban J connectivity index is 2.25. The molecule has 1 aromatic heterocycles. The molecule has 4 heteroatoms. The van der Waals surface area contributed by atoms with Crippen LogP contribution in [-0.2, 0) is 6.54 Å². The largest absolute Gasteiger partial charge is 0.326 e. The fraction of sp³-hybridized carbons (Fsp3) is 0.200. The van der Waals surface area contributed by atoms with Gasteiger partial charge in [-0.3, -0.25) is 9.78 Å². The van der Waals surface area contributed by atoms with Crippen LogP contribution in [0.15, 0.2) is 42.6 Å². The molecule has 0 radical (unpaired) electrons. The topological polar surface area (TPSA) is 59.2 Å². The Kier molecular flexibility index (Phi) is 3.92. The third-order valence-corrected chi connectivity index (χ3v) is 3.01. The first kappa shape index (κ1) is 13.2. The Morgan fingerprint density at radius 1 is 1.26 bits per heavy atom. The van der Waals surface area contributed by atoms with Crippen LogP contribution in [0.5, 0.6) is 0 Å². The molecule has 0 aliphatic carbocycles. The zero-order chi connectivity index (χ0) is 13.8. The first-order chi connectivity index (χ1) is 9.11. The number of carbonyl (C=O) groups excluding carboxylic acids is 1. The van der Waals surface area contributed by atoms with Crippen LogP contribution < -0.4 is 10.6 Å². The number of carbonyl (C=O) groups is 1. The first-order valence-corrected chi connectivity index (χ1v) is 6.11. The summed E-state index contributed by atoms with van der Waals surface area (Å²) < 4.78 is 0. The smallest absolute Gasteiger partial charge is 0.276 e. The van der Waals surface area contributed by atoms with Gasteiger partial charge in [0.2, 0.25) is 0 Å². The minimum atomic E-state index is -0.140. The molecule has 0 bridgehead atoms. The molecule has 0 saturated heterocycles. The second kappa shape index (κ2) is 5.63. The molecule has 1 amide bonds. The third kappa shape index (κ3) is 2.98. The Morgan fingerprint density at radius 2 is 1.95 bits per heavy atom. The predicted molar refractivity (Wildman–Crippen MR) is 76.0 cm³/mol. The van der Waals surface area contributed by atoms with E-state index in [1.807, 2.05) is 37.3 Å². The molecular weight excluding hydrogens is 238 g/mol. The van der Waals surface area contributed by atoms with E-state index in [0.717, 1.165) is 16.8 Å². The molecule has 2 aromatic rings. The normalized spacial score (nSPS) is 10.3. The maximum atomic E-state index is 12.3. The Morgan fingerprint density at radius 3 is 2.58 bits per heavy atom. The molecule has 0 spiro atoms. The standard InChI is InChI=1S/C15H17N3O/c1-11-3-5-13(6-4-11)18(2)15(19)14-9-12(10-16)7-8-17-14/h3-9H,10,16H2,1-2H3. The minimum Gasteiger partial charge on any atom is -0.326 e. The summed E-state index contributed by atoms with van der Waals surface area (Å²) in [4.78, 5) is 18.0. The third-order valence-electron chi connectivity index (χ3n) is 3.01. The molecule has 0 fully saturated rings. The van der Waals surface area contributed by atoms with Crippen LogP contribution in [-0.4, -0.2) is 17.9 Å². The van der Waals surface area contributed by atoms with E-state index in [9.17, 15) is 4.79 Å². The minimum absolute atomic E-state index is 0.140. The van der Waals surface area contributed by atoms with Crippen LogP contribution in [0.25, 0.3) is 0 Å². The summed E-state index contributed by atoms with van der Waals surface area (Å²) in [5, 5.41) is 0. The van der Waals surface area contributed by atoms with Crippen LogP contribution >= 0.6 is 0 Å². The molecular formula is C15H17N3O. The number of nitrogens with zero attached hydrogens (tertiary/aromatic N) is 2. The zero-order valence-electron chi connectivity index (χ0n) is 11.1. The van der Waals surface area contributed by atoms with E-state index in [1.165, 1.54) is 0 Å². The van der Waals surface area contributed by atoms with Crippen molar-refractivity contribution in [2.45, 2.75) is 13.5 Å². The van der Waals surface area contributed by atoms with Gasteiger partial charge in [0.05, 0.1) is 0 Å². The van der Waals surface area contributed by atoms with E-state index in [2.05, 4.69) is 4.98 Å². The summed E-state index contributed by atoms with van der Waals surface area (Å²) >= 11 is 0. The molecule has 1 heterocycles. The first-order valence-electron chi connectivity index (χ1n) is 6.11. The van der Waals surface area contributed by atoms with Crippen LogP contribution in [0.4, 0.5) is 5.69 Å². The van der Waals surface area contributed by atoms with Crippen molar-refractivity contribution >= 4 is 11.6 Å². The lowest BCUT2D eigenvalue weighted by atomic mass is 10.2. The van der Waals surface area contributed by atoms with Gasteiger partial charge in [0.15, 0.2) is 0 Å². The Bertz CT molecular complexity index is 578.